The van der Waals surface area contributed by atoms with Gasteiger partial charge in [-0.15, -0.1) is 11.3 Å². The Morgan fingerprint density at radius 1 is 0.722 bits per heavy atom. The molecule has 0 fully saturated rings. The molecule has 1 aliphatic heterocycles. The highest BCUT2D eigenvalue weighted by Gasteiger charge is 2.29. The molecule has 2 aliphatic rings. The van der Waals surface area contributed by atoms with Gasteiger partial charge in [0.25, 0.3) is 0 Å². The molecule has 0 amide bonds. The largest absolute Gasteiger partial charge is 0.357 e. The molecule has 9 rings (SSSR count). The molecule has 1 N–H and O–H groups in total. The second kappa shape index (κ2) is 6.62. The molecule has 7 aromatic rings. The molecule has 0 spiro atoms. The maximum absolute atomic E-state index is 5.19. The third kappa shape index (κ3) is 2.34. The van der Waals surface area contributed by atoms with Crippen molar-refractivity contribution in [2.45, 2.75) is 6.04 Å². The highest BCUT2D eigenvalue weighted by atomic mass is 32.1. The maximum Gasteiger partial charge on any atom is 0.138 e. The molecular weight excluding hydrogens is 458 g/mol. The third-order valence-electron chi connectivity index (χ3n) is 7.70. The van der Waals surface area contributed by atoms with Crippen LogP contribution in [0.3, 0.4) is 0 Å². The quantitative estimate of drug-likeness (QED) is 0.252. The maximum atomic E-state index is 5.19. The molecule has 36 heavy (non-hydrogen) atoms. The summed E-state index contributed by atoms with van der Waals surface area (Å²) >= 11 is 1.87. The predicted molar refractivity (Wildman–Crippen MR) is 155 cm³/mol. The van der Waals surface area contributed by atoms with Gasteiger partial charge in [0.15, 0.2) is 0 Å². The fraction of sp³-hybridized carbons (Fsp3) is 0.0312. The Kier molecular flexibility index (Phi) is 3.47. The van der Waals surface area contributed by atoms with Gasteiger partial charge in [0, 0.05) is 36.3 Å². The highest BCUT2D eigenvalue weighted by Crippen LogP contribution is 2.49. The van der Waals surface area contributed by atoms with Crippen LogP contribution in [0.5, 0.6) is 0 Å². The van der Waals surface area contributed by atoms with Crippen molar-refractivity contribution in [2.75, 3.05) is 5.32 Å². The van der Waals surface area contributed by atoms with Gasteiger partial charge < -0.3 is 5.32 Å². The SMILES string of the molecule is C1=CC2=Nc3c(n4c5cc6sc7ccccc7c6cc5c5cc(-c6ccccc6)cc3c54)NC2C=C1. The Balaban J connectivity index is 1.48. The number of anilines is 1. The van der Waals surface area contributed by atoms with Crippen LogP contribution in [-0.2, 0) is 0 Å². The lowest BCUT2D eigenvalue weighted by molar-refractivity contribution is 1.09. The smallest absolute Gasteiger partial charge is 0.138 e. The number of fused-ring (bicyclic) bond motifs is 10. The average molecular weight is 478 g/mol. The van der Waals surface area contributed by atoms with Crippen molar-refractivity contribution < 1.29 is 0 Å². The van der Waals surface area contributed by atoms with E-state index in [1.807, 2.05) is 11.3 Å². The molecule has 4 aromatic carbocycles. The summed E-state index contributed by atoms with van der Waals surface area (Å²) < 4.78 is 5.07. The summed E-state index contributed by atoms with van der Waals surface area (Å²) in [5.41, 5.74) is 7.04. The van der Waals surface area contributed by atoms with E-state index in [1.54, 1.807) is 0 Å². The van der Waals surface area contributed by atoms with E-state index in [2.05, 4.69) is 113 Å². The third-order valence-corrected chi connectivity index (χ3v) is 8.84. The monoisotopic (exact) mass is 477 g/mol. The molecule has 0 saturated heterocycles. The Morgan fingerprint density at radius 2 is 1.58 bits per heavy atom. The van der Waals surface area contributed by atoms with Crippen LogP contribution >= 0.6 is 11.3 Å². The summed E-state index contributed by atoms with van der Waals surface area (Å²) in [5.74, 6) is 1.09. The van der Waals surface area contributed by atoms with Crippen molar-refractivity contribution in [1.29, 1.82) is 0 Å². The standard InChI is InChI=1S/C32H19N3S/c1-2-8-18(9-3-1)19-14-23-21-16-22-20-10-4-7-13-28(20)36-29(22)17-27(21)35-31(23)24(15-19)30-32(35)34-26-12-6-5-11-25(26)33-30/h1-17,26,34H. The minimum atomic E-state index is 0.0946. The summed E-state index contributed by atoms with van der Waals surface area (Å²) in [6.45, 7) is 0. The first-order chi connectivity index (χ1) is 17.8. The number of nitrogens with one attached hydrogen (secondary N) is 1. The van der Waals surface area contributed by atoms with E-state index in [1.165, 1.54) is 58.5 Å². The molecule has 1 atom stereocenters. The first-order valence-corrected chi connectivity index (χ1v) is 13.1. The molecule has 1 unspecified atom stereocenters. The minimum Gasteiger partial charge on any atom is -0.357 e. The van der Waals surface area contributed by atoms with Crippen LogP contribution in [0.4, 0.5) is 11.5 Å². The zero-order chi connectivity index (χ0) is 23.4. The number of allylic oxidation sites excluding steroid dienone is 2. The lowest BCUT2D eigenvalue weighted by atomic mass is 9.99. The summed E-state index contributed by atoms with van der Waals surface area (Å²) in [5, 5.41) is 10.3. The van der Waals surface area contributed by atoms with Crippen molar-refractivity contribution in [2.24, 2.45) is 4.99 Å². The fourth-order valence-electron chi connectivity index (χ4n) is 6.09. The van der Waals surface area contributed by atoms with Crippen LogP contribution in [0.1, 0.15) is 0 Å². The summed E-state index contributed by atoms with van der Waals surface area (Å²) in [4.78, 5) is 5.19. The van der Waals surface area contributed by atoms with Crippen LogP contribution < -0.4 is 5.32 Å². The lowest BCUT2D eigenvalue weighted by Gasteiger charge is -2.23. The Morgan fingerprint density at radius 3 is 2.53 bits per heavy atom. The summed E-state index contributed by atoms with van der Waals surface area (Å²) in [6, 6.07) is 29.0. The van der Waals surface area contributed by atoms with Gasteiger partial charge in [-0.1, -0.05) is 66.8 Å². The van der Waals surface area contributed by atoms with Crippen molar-refractivity contribution in [3.8, 4) is 11.1 Å². The summed E-state index contributed by atoms with van der Waals surface area (Å²) in [6.07, 6.45) is 8.48. The zero-order valence-corrected chi connectivity index (χ0v) is 20.0. The summed E-state index contributed by atoms with van der Waals surface area (Å²) in [7, 11) is 0. The van der Waals surface area contributed by atoms with Crippen molar-refractivity contribution >= 4 is 75.9 Å². The first kappa shape index (κ1) is 18.9. The van der Waals surface area contributed by atoms with Crippen LogP contribution in [0.15, 0.2) is 108 Å². The first-order valence-electron chi connectivity index (χ1n) is 12.3. The average Bonchev–Trinajstić information content (AvgIpc) is 3.56. The molecule has 0 bridgehead atoms. The second-order valence-electron chi connectivity index (χ2n) is 9.69. The van der Waals surface area contributed by atoms with E-state index >= 15 is 0 Å². The number of hydrogen-bond acceptors (Lipinski definition) is 3. The molecule has 4 heterocycles. The Hall–Kier alpha value is -4.41. The van der Waals surface area contributed by atoms with Gasteiger partial charge in [0.1, 0.15) is 11.5 Å². The zero-order valence-electron chi connectivity index (χ0n) is 19.2. The van der Waals surface area contributed by atoms with Crippen molar-refractivity contribution in [1.82, 2.24) is 4.40 Å². The van der Waals surface area contributed by atoms with Crippen LogP contribution in [0.2, 0.25) is 0 Å². The van der Waals surface area contributed by atoms with Gasteiger partial charge in [-0.25, -0.2) is 4.99 Å². The molecule has 1 aliphatic carbocycles. The van der Waals surface area contributed by atoms with Crippen molar-refractivity contribution in [3.63, 3.8) is 0 Å². The minimum absolute atomic E-state index is 0.0946. The Bertz CT molecular complexity index is 2120. The van der Waals surface area contributed by atoms with E-state index < -0.39 is 0 Å². The molecular formula is C32H19N3S. The van der Waals surface area contributed by atoms with Gasteiger partial charge >= 0.3 is 0 Å². The van der Waals surface area contributed by atoms with E-state index in [-0.39, 0.29) is 6.04 Å². The van der Waals surface area contributed by atoms with E-state index in [0.717, 1.165) is 17.2 Å². The van der Waals surface area contributed by atoms with Gasteiger partial charge in [0.05, 0.1) is 22.8 Å². The van der Waals surface area contributed by atoms with Gasteiger partial charge in [-0.05, 0) is 47.5 Å². The number of benzene rings is 4. The van der Waals surface area contributed by atoms with Crippen LogP contribution in [0, 0.1) is 0 Å². The molecule has 0 radical (unpaired) electrons. The van der Waals surface area contributed by atoms with Gasteiger partial charge in [-0.3, -0.25) is 4.40 Å². The van der Waals surface area contributed by atoms with Gasteiger partial charge in [0.2, 0.25) is 0 Å². The molecule has 3 nitrogen and oxygen atoms in total. The van der Waals surface area contributed by atoms with Gasteiger partial charge in [-0.2, -0.15) is 0 Å². The lowest BCUT2D eigenvalue weighted by Crippen LogP contribution is -2.30. The normalized spacial score (nSPS) is 16.8. The van der Waals surface area contributed by atoms with Crippen LogP contribution in [0.25, 0.3) is 58.5 Å². The number of rotatable bonds is 1. The number of aromatic nitrogens is 1. The van der Waals surface area contributed by atoms with Crippen LogP contribution in [-0.4, -0.2) is 16.2 Å². The molecule has 3 aromatic heterocycles. The second-order valence-corrected chi connectivity index (χ2v) is 10.8. The highest BCUT2D eigenvalue weighted by molar-refractivity contribution is 7.25. The van der Waals surface area contributed by atoms with E-state index in [0.29, 0.717) is 0 Å². The number of nitrogens with zero attached hydrogens (tertiary/aromatic N) is 2. The topological polar surface area (TPSA) is 28.8 Å². The number of aliphatic imine (C=N–C) groups is 1. The molecule has 4 heteroatoms. The molecule has 0 saturated carbocycles. The van der Waals surface area contributed by atoms with Crippen molar-refractivity contribution in [3.05, 3.63) is 103 Å². The predicted octanol–water partition coefficient (Wildman–Crippen LogP) is 8.71. The van der Waals surface area contributed by atoms with E-state index in [4.69, 9.17) is 4.99 Å². The number of thiophene rings is 1. The van der Waals surface area contributed by atoms with E-state index in [9.17, 15) is 0 Å². The molecule has 168 valence electrons. The Labute approximate surface area is 210 Å². The fourth-order valence-corrected chi connectivity index (χ4v) is 7.21. The number of hydrogen-bond donors (Lipinski definition) is 1.